The van der Waals surface area contributed by atoms with Gasteiger partial charge < -0.3 is 14.7 Å². The summed E-state index contributed by atoms with van der Waals surface area (Å²) >= 11 is 0. The molecule has 0 bridgehead atoms. The second kappa shape index (κ2) is 5.79. The molecule has 4 rings (SSSR count). The molecule has 8 heteroatoms. The van der Waals surface area contributed by atoms with Crippen LogP contribution < -0.4 is 10.2 Å². The summed E-state index contributed by atoms with van der Waals surface area (Å²) in [4.78, 5) is 27.7. The van der Waals surface area contributed by atoms with Crippen LogP contribution in [0.4, 0.5) is 5.82 Å². The van der Waals surface area contributed by atoms with Gasteiger partial charge in [0.05, 0.1) is 0 Å². The Balaban J connectivity index is 1.64. The van der Waals surface area contributed by atoms with Crippen molar-refractivity contribution < 1.29 is 9.32 Å². The third kappa shape index (κ3) is 3.08. The van der Waals surface area contributed by atoms with Gasteiger partial charge >= 0.3 is 0 Å². The fourth-order valence-corrected chi connectivity index (χ4v) is 3.44. The summed E-state index contributed by atoms with van der Waals surface area (Å²) in [5, 5.41) is 7.10. The molecule has 0 aromatic carbocycles. The number of aryl methyl sites for hydroxylation is 2. The molecule has 8 nitrogen and oxygen atoms in total. The molecule has 2 aliphatic rings. The van der Waals surface area contributed by atoms with Crippen LogP contribution in [0.25, 0.3) is 0 Å². The van der Waals surface area contributed by atoms with E-state index in [4.69, 9.17) is 9.51 Å². The predicted octanol–water partition coefficient (Wildman–Crippen LogP) is 1.60. The zero-order chi connectivity index (χ0) is 17.6. The molecule has 2 aromatic rings. The summed E-state index contributed by atoms with van der Waals surface area (Å²) in [5.41, 5.74) is 0.321. The zero-order valence-corrected chi connectivity index (χ0v) is 14.7. The Kier molecular flexibility index (Phi) is 3.70. The van der Waals surface area contributed by atoms with E-state index in [-0.39, 0.29) is 5.91 Å². The van der Waals surface area contributed by atoms with Crippen LogP contribution in [-0.2, 0) is 10.3 Å². The average molecular weight is 342 g/mol. The molecule has 1 N–H and O–H groups in total. The molecule has 0 radical (unpaired) electrons. The molecule has 1 amide bonds. The van der Waals surface area contributed by atoms with Crippen LogP contribution in [0.1, 0.15) is 55.3 Å². The summed E-state index contributed by atoms with van der Waals surface area (Å²) in [7, 11) is 0. The van der Waals surface area contributed by atoms with Crippen LogP contribution in [0, 0.1) is 13.8 Å². The van der Waals surface area contributed by atoms with Crippen LogP contribution in [-0.4, -0.2) is 39.1 Å². The first-order valence-electron chi connectivity index (χ1n) is 8.65. The maximum atomic E-state index is 11.8. The minimum Gasteiger partial charge on any atom is -0.354 e. The number of hydrogen-bond acceptors (Lipinski definition) is 7. The van der Waals surface area contributed by atoms with Crippen LogP contribution in [0.5, 0.6) is 0 Å². The number of carbonyl (C=O) groups is 1. The van der Waals surface area contributed by atoms with E-state index in [9.17, 15) is 4.79 Å². The minimum absolute atomic E-state index is 0.109. The molecule has 132 valence electrons. The second-order valence-corrected chi connectivity index (χ2v) is 7.07. The lowest BCUT2D eigenvalue weighted by Crippen LogP contribution is -2.48. The van der Waals surface area contributed by atoms with Crippen molar-refractivity contribution >= 4 is 11.7 Å². The number of anilines is 1. The molecule has 0 unspecified atom stereocenters. The highest BCUT2D eigenvalue weighted by atomic mass is 16.5. The maximum absolute atomic E-state index is 11.8. The number of nitrogens with zero attached hydrogens (tertiary/aromatic N) is 5. The fraction of sp³-hybridized carbons (Fsp3) is 0.588. The van der Waals surface area contributed by atoms with Crippen LogP contribution in [0.15, 0.2) is 10.6 Å². The number of aromatic nitrogens is 4. The van der Waals surface area contributed by atoms with Crippen molar-refractivity contribution in [1.29, 1.82) is 0 Å². The Labute approximate surface area is 146 Å². The van der Waals surface area contributed by atoms with E-state index in [0.717, 1.165) is 23.9 Å². The lowest BCUT2D eigenvalue weighted by molar-refractivity contribution is -0.120. The van der Waals surface area contributed by atoms with Crippen LogP contribution in [0.2, 0.25) is 0 Å². The van der Waals surface area contributed by atoms with E-state index in [1.165, 1.54) is 19.8 Å². The molecule has 25 heavy (non-hydrogen) atoms. The van der Waals surface area contributed by atoms with Gasteiger partial charge in [0.25, 0.3) is 0 Å². The third-order valence-corrected chi connectivity index (χ3v) is 4.76. The Bertz CT molecular complexity index is 815. The Morgan fingerprint density at radius 1 is 1.32 bits per heavy atom. The summed E-state index contributed by atoms with van der Waals surface area (Å²) < 4.78 is 5.15. The van der Waals surface area contributed by atoms with Gasteiger partial charge in [-0.2, -0.15) is 4.98 Å². The quantitative estimate of drug-likeness (QED) is 0.901. The lowest BCUT2D eigenvalue weighted by Gasteiger charge is -2.27. The van der Waals surface area contributed by atoms with Crippen molar-refractivity contribution in [1.82, 2.24) is 25.4 Å². The normalized spacial score (nSPS) is 23.1. The van der Waals surface area contributed by atoms with Crippen molar-refractivity contribution in [3.05, 3.63) is 29.3 Å². The zero-order valence-electron chi connectivity index (χ0n) is 14.7. The largest absolute Gasteiger partial charge is 0.354 e. The van der Waals surface area contributed by atoms with Gasteiger partial charge in [0.2, 0.25) is 11.8 Å². The monoisotopic (exact) mass is 342 g/mol. The van der Waals surface area contributed by atoms with E-state index in [1.54, 1.807) is 6.92 Å². The third-order valence-electron chi connectivity index (χ3n) is 4.76. The van der Waals surface area contributed by atoms with Crippen molar-refractivity contribution in [3.8, 4) is 0 Å². The number of hydrogen-bond donors (Lipinski definition) is 1. The van der Waals surface area contributed by atoms with E-state index in [0.29, 0.717) is 30.6 Å². The molecule has 3 heterocycles. The average Bonchev–Trinajstić information content (AvgIpc) is 3.17. The molecule has 0 spiro atoms. The van der Waals surface area contributed by atoms with Crippen molar-refractivity contribution in [2.75, 3.05) is 18.0 Å². The van der Waals surface area contributed by atoms with Crippen molar-refractivity contribution in [3.63, 3.8) is 0 Å². The SMILES string of the molecule is CC(=O)N[C@@]1(c2noc(C)n2)CCN(c2cc(C)nc(C3CC3)n2)C1. The van der Waals surface area contributed by atoms with Gasteiger partial charge in [-0.3, -0.25) is 4.79 Å². The van der Waals surface area contributed by atoms with E-state index < -0.39 is 5.54 Å². The molecule has 2 fully saturated rings. The Morgan fingerprint density at radius 3 is 2.76 bits per heavy atom. The number of amides is 1. The first kappa shape index (κ1) is 16.0. The van der Waals surface area contributed by atoms with Gasteiger partial charge in [0, 0.05) is 44.6 Å². The summed E-state index contributed by atoms with van der Waals surface area (Å²) in [6.07, 6.45) is 3.04. The van der Waals surface area contributed by atoms with Crippen LogP contribution >= 0.6 is 0 Å². The standard InChI is InChI=1S/C17H22N6O2/c1-10-8-14(20-15(18-10)13-4-5-13)23-7-6-17(9-23,21-11(2)24)16-19-12(3)25-22-16/h8,13H,4-7,9H2,1-3H3,(H,21,24)/t17-/m0/s1. The first-order valence-corrected chi connectivity index (χ1v) is 8.65. The molecule has 1 aliphatic heterocycles. The van der Waals surface area contributed by atoms with E-state index >= 15 is 0 Å². The van der Waals surface area contributed by atoms with Gasteiger partial charge in [-0.15, -0.1) is 0 Å². The maximum Gasteiger partial charge on any atom is 0.223 e. The van der Waals surface area contributed by atoms with Gasteiger partial charge in [-0.25, -0.2) is 9.97 Å². The van der Waals surface area contributed by atoms with Gasteiger partial charge in [0.1, 0.15) is 17.2 Å². The van der Waals surface area contributed by atoms with Crippen molar-refractivity contribution in [2.45, 2.75) is 51.5 Å². The second-order valence-electron chi connectivity index (χ2n) is 7.07. The highest BCUT2D eigenvalue weighted by molar-refractivity contribution is 5.74. The van der Waals surface area contributed by atoms with Gasteiger partial charge in [-0.1, -0.05) is 5.16 Å². The lowest BCUT2D eigenvalue weighted by atomic mass is 9.97. The molecule has 1 atom stereocenters. The molecule has 2 aromatic heterocycles. The van der Waals surface area contributed by atoms with Crippen molar-refractivity contribution in [2.24, 2.45) is 0 Å². The highest BCUT2D eigenvalue weighted by Crippen LogP contribution is 2.39. The number of carbonyl (C=O) groups excluding carboxylic acids is 1. The Morgan fingerprint density at radius 2 is 2.12 bits per heavy atom. The summed E-state index contributed by atoms with van der Waals surface area (Å²) in [5.74, 6) is 3.25. The Hall–Kier alpha value is -2.51. The first-order chi connectivity index (χ1) is 11.9. The minimum atomic E-state index is -0.651. The molecule has 1 saturated heterocycles. The molecule has 1 aliphatic carbocycles. The summed E-state index contributed by atoms with van der Waals surface area (Å²) in [6.45, 7) is 6.58. The van der Waals surface area contributed by atoms with E-state index in [2.05, 4.69) is 25.3 Å². The summed E-state index contributed by atoms with van der Waals surface area (Å²) in [6, 6.07) is 2.00. The fourth-order valence-electron chi connectivity index (χ4n) is 3.44. The molecular weight excluding hydrogens is 320 g/mol. The van der Waals surface area contributed by atoms with Crippen LogP contribution in [0.3, 0.4) is 0 Å². The van der Waals surface area contributed by atoms with Gasteiger partial charge in [-0.05, 0) is 26.2 Å². The van der Waals surface area contributed by atoms with E-state index in [1.807, 2.05) is 13.0 Å². The topological polar surface area (TPSA) is 97.0 Å². The number of nitrogens with one attached hydrogen (secondary N) is 1. The highest BCUT2D eigenvalue weighted by Gasteiger charge is 2.45. The smallest absolute Gasteiger partial charge is 0.223 e. The molecular formula is C17H22N6O2. The predicted molar refractivity (Wildman–Crippen MR) is 90.1 cm³/mol. The molecule has 1 saturated carbocycles. The van der Waals surface area contributed by atoms with Gasteiger partial charge in [0.15, 0.2) is 5.82 Å². The number of rotatable bonds is 4.